The van der Waals surface area contributed by atoms with Crippen LogP contribution in [0.25, 0.3) is 0 Å². The molecule has 1 aromatic heterocycles. The lowest BCUT2D eigenvalue weighted by Crippen LogP contribution is -2.44. The van der Waals surface area contributed by atoms with Gasteiger partial charge in [-0.1, -0.05) is 13.3 Å². The van der Waals surface area contributed by atoms with E-state index in [9.17, 15) is 14.7 Å². The van der Waals surface area contributed by atoms with Gasteiger partial charge in [0, 0.05) is 6.54 Å². The maximum Gasteiger partial charge on any atom is 0.287 e. The maximum atomic E-state index is 11.5. The van der Waals surface area contributed by atoms with E-state index in [1.807, 2.05) is 6.92 Å². The van der Waals surface area contributed by atoms with Crippen LogP contribution in [0.15, 0.2) is 22.8 Å². The second-order valence-corrected chi connectivity index (χ2v) is 4.68. The van der Waals surface area contributed by atoms with Gasteiger partial charge in [-0.25, -0.2) is 0 Å². The molecule has 0 saturated carbocycles. The van der Waals surface area contributed by atoms with Gasteiger partial charge in [0.05, 0.1) is 18.4 Å². The second-order valence-electron chi connectivity index (χ2n) is 4.68. The second kappa shape index (κ2) is 6.94. The summed E-state index contributed by atoms with van der Waals surface area (Å²) in [6.45, 7) is 3.64. The molecule has 3 N–H and O–H groups in total. The van der Waals surface area contributed by atoms with Crippen LogP contribution in [0.1, 0.15) is 37.2 Å². The largest absolute Gasteiger partial charge is 0.459 e. The van der Waals surface area contributed by atoms with Crippen LogP contribution < -0.4 is 10.6 Å². The molecule has 0 saturated heterocycles. The SMILES string of the molecule is CCCC(C)(O)CNC(=O)CNC(=O)c1ccco1. The molecule has 0 aliphatic heterocycles. The predicted octanol–water partition coefficient (Wildman–Crippen LogP) is 0.677. The average Bonchev–Trinajstić information content (AvgIpc) is 2.87. The summed E-state index contributed by atoms with van der Waals surface area (Å²) in [7, 11) is 0. The molecule has 2 amide bonds. The minimum atomic E-state index is -0.921. The Balaban J connectivity index is 2.27. The minimum absolute atomic E-state index is 0.151. The molecule has 1 aromatic rings. The number of furan rings is 1. The zero-order chi connectivity index (χ0) is 14.3. The Labute approximate surface area is 112 Å². The Morgan fingerprint density at radius 2 is 2.16 bits per heavy atom. The summed E-state index contributed by atoms with van der Waals surface area (Å²) in [4.78, 5) is 23.0. The fourth-order valence-corrected chi connectivity index (χ4v) is 1.63. The van der Waals surface area contributed by atoms with E-state index < -0.39 is 11.5 Å². The summed E-state index contributed by atoms with van der Waals surface area (Å²) >= 11 is 0. The van der Waals surface area contributed by atoms with Crippen LogP contribution in [-0.4, -0.2) is 35.6 Å². The lowest BCUT2D eigenvalue weighted by molar-refractivity contribution is -0.121. The Morgan fingerprint density at radius 3 is 2.74 bits per heavy atom. The van der Waals surface area contributed by atoms with Gasteiger partial charge in [-0.05, 0) is 25.5 Å². The monoisotopic (exact) mass is 268 g/mol. The van der Waals surface area contributed by atoms with Crippen LogP contribution in [0.2, 0.25) is 0 Å². The molecule has 6 nitrogen and oxygen atoms in total. The molecule has 1 rings (SSSR count). The number of hydrogen-bond donors (Lipinski definition) is 3. The highest BCUT2D eigenvalue weighted by molar-refractivity contribution is 5.94. The zero-order valence-electron chi connectivity index (χ0n) is 11.2. The fraction of sp³-hybridized carbons (Fsp3) is 0.538. The zero-order valence-corrected chi connectivity index (χ0v) is 11.2. The third-order valence-corrected chi connectivity index (χ3v) is 2.61. The summed E-state index contributed by atoms with van der Waals surface area (Å²) < 4.78 is 4.89. The van der Waals surface area contributed by atoms with Gasteiger partial charge in [0.1, 0.15) is 0 Å². The van der Waals surface area contributed by atoms with E-state index in [0.29, 0.717) is 6.42 Å². The first kappa shape index (κ1) is 15.2. The quantitative estimate of drug-likeness (QED) is 0.678. The van der Waals surface area contributed by atoms with Gasteiger partial charge in [-0.2, -0.15) is 0 Å². The van der Waals surface area contributed by atoms with Crippen LogP contribution in [0.4, 0.5) is 0 Å². The Kier molecular flexibility index (Phi) is 5.57. The van der Waals surface area contributed by atoms with Gasteiger partial charge < -0.3 is 20.2 Å². The smallest absolute Gasteiger partial charge is 0.287 e. The molecule has 1 atom stereocenters. The van der Waals surface area contributed by atoms with Crippen LogP contribution >= 0.6 is 0 Å². The lowest BCUT2D eigenvalue weighted by atomic mass is 10.0. The summed E-state index contributed by atoms with van der Waals surface area (Å²) in [6.07, 6.45) is 2.82. The molecule has 1 heterocycles. The molecular weight excluding hydrogens is 248 g/mol. The summed E-state index contributed by atoms with van der Waals surface area (Å²) in [5.41, 5.74) is -0.921. The lowest BCUT2D eigenvalue weighted by Gasteiger charge is -2.22. The van der Waals surface area contributed by atoms with E-state index >= 15 is 0 Å². The molecule has 0 radical (unpaired) electrons. The van der Waals surface area contributed by atoms with Gasteiger partial charge in [0.15, 0.2) is 5.76 Å². The highest BCUT2D eigenvalue weighted by Gasteiger charge is 2.20. The number of carbonyl (C=O) groups is 2. The standard InChI is InChI=1S/C13H20N2O4/c1-3-6-13(2,18)9-15-11(16)8-14-12(17)10-5-4-7-19-10/h4-5,7,18H,3,6,8-9H2,1-2H3,(H,14,17)(H,15,16). The van der Waals surface area contributed by atoms with Crippen molar-refractivity contribution < 1.29 is 19.1 Å². The normalized spacial score (nSPS) is 13.6. The van der Waals surface area contributed by atoms with E-state index in [1.54, 1.807) is 13.0 Å². The molecule has 6 heteroatoms. The van der Waals surface area contributed by atoms with Crippen LogP contribution in [0.5, 0.6) is 0 Å². The maximum absolute atomic E-state index is 11.5. The first-order chi connectivity index (χ1) is 8.94. The molecule has 0 aliphatic rings. The highest BCUT2D eigenvalue weighted by Crippen LogP contribution is 2.09. The van der Waals surface area contributed by atoms with Crippen molar-refractivity contribution in [3.63, 3.8) is 0 Å². The minimum Gasteiger partial charge on any atom is -0.459 e. The van der Waals surface area contributed by atoms with E-state index in [2.05, 4.69) is 10.6 Å². The van der Waals surface area contributed by atoms with Crippen molar-refractivity contribution >= 4 is 11.8 Å². The van der Waals surface area contributed by atoms with E-state index in [-0.39, 0.29) is 24.8 Å². The summed E-state index contributed by atoms with van der Waals surface area (Å²) in [6, 6.07) is 3.11. The Hall–Kier alpha value is -1.82. The Bertz CT molecular complexity index is 412. The number of amides is 2. The molecule has 0 aliphatic carbocycles. The van der Waals surface area contributed by atoms with E-state index in [4.69, 9.17) is 4.42 Å². The van der Waals surface area contributed by atoms with Gasteiger partial charge >= 0.3 is 0 Å². The summed E-state index contributed by atoms with van der Waals surface area (Å²) in [5.74, 6) is -0.637. The van der Waals surface area contributed by atoms with Crippen LogP contribution in [-0.2, 0) is 4.79 Å². The number of hydrogen-bond acceptors (Lipinski definition) is 4. The molecule has 0 fully saturated rings. The van der Waals surface area contributed by atoms with Crippen molar-refractivity contribution in [3.05, 3.63) is 24.2 Å². The van der Waals surface area contributed by atoms with Gasteiger partial charge in [0.25, 0.3) is 5.91 Å². The van der Waals surface area contributed by atoms with Crippen LogP contribution in [0.3, 0.4) is 0 Å². The summed E-state index contributed by atoms with van der Waals surface area (Å²) in [5, 5.41) is 14.9. The number of carbonyl (C=O) groups excluding carboxylic acids is 2. The van der Waals surface area contributed by atoms with E-state index in [1.165, 1.54) is 12.3 Å². The average molecular weight is 268 g/mol. The van der Waals surface area contributed by atoms with Crippen molar-refractivity contribution in [2.45, 2.75) is 32.3 Å². The van der Waals surface area contributed by atoms with E-state index in [0.717, 1.165) is 6.42 Å². The van der Waals surface area contributed by atoms with Crippen molar-refractivity contribution in [2.75, 3.05) is 13.1 Å². The third kappa shape index (κ3) is 5.56. The van der Waals surface area contributed by atoms with Crippen molar-refractivity contribution in [1.82, 2.24) is 10.6 Å². The Morgan fingerprint density at radius 1 is 1.42 bits per heavy atom. The third-order valence-electron chi connectivity index (χ3n) is 2.61. The van der Waals surface area contributed by atoms with Gasteiger partial charge in [-0.3, -0.25) is 9.59 Å². The molecule has 106 valence electrons. The van der Waals surface area contributed by atoms with Crippen molar-refractivity contribution in [1.29, 1.82) is 0 Å². The first-order valence-electron chi connectivity index (χ1n) is 6.25. The van der Waals surface area contributed by atoms with Crippen molar-refractivity contribution in [3.8, 4) is 0 Å². The predicted molar refractivity (Wildman–Crippen MR) is 69.6 cm³/mol. The highest BCUT2D eigenvalue weighted by atomic mass is 16.3. The molecule has 1 unspecified atom stereocenters. The topological polar surface area (TPSA) is 91.6 Å². The number of rotatable bonds is 7. The fourth-order valence-electron chi connectivity index (χ4n) is 1.63. The first-order valence-corrected chi connectivity index (χ1v) is 6.25. The molecular formula is C13H20N2O4. The number of nitrogens with one attached hydrogen (secondary N) is 2. The van der Waals surface area contributed by atoms with Crippen molar-refractivity contribution in [2.24, 2.45) is 0 Å². The van der Waals surface area contributed by atoms with Gasteiger partial charge in [-0.15, -0.1) is 0 Å². The van der Waals surface area contributed by atoms with Crippen LogP contribution in [0, 0.1) is 0 Å². The molecule has 0 aromatic carbocycles. The van der Waals surface area contributed by atoms with Gasteiger partial charge in [0.2, 0.25) is 5.91 Å². The molecule has 0 bridgehead atoms. The molecule has 0 spiro atoms. The molecule has 19 heavy (non-hydrogen) atoms. The number of aliphatic hydroxyl groups is 1.